The van der Waals surface area contributed by atoms with Crippen LogP contribution in [0, 0.1) is 3.57 Å². The predicted octanol–water partition coefficient (Wildman–Crippen LogP) is 5.59. The first kappa shape index (κ1) is 24.7. The Hall–Kier alpha value is -3.37. The first-order valence-electron chi connectivity index (χ1n) is 10.7. The first-order chi connectivity index (χ1) is 16.9. The fourth-order valence-electron chi connectivity index (χ4n) is 3.48. The van der Waals surface area contributed by atoms with Gasteiger partial charge in [0.05, 0.1) is 20.9 Å². The van der Waals surface area contributed by atoms with E-state index in [9.17, 15) is 14.4 Å². The van der Waals surface area contributed by atoms with E-state index in [1.807, 2.05) is 37.3 Å². The second kappa shape index (κ2) is 10.9. The third-order valence-electron chi connectivity index (χ3n) is 5.06. The van der Waals surface area contributed by atoms with E-state index < -0.39 is 17.8 Å². The average molecular weight is 603 g/mol. The van der Waals surface area contributed by atoms with E-state index in [1.165, 1.54) is 12.1 Å². The lowest BCUT2D eigenvalue weighted by molar-refractivity contribution is -0.122. The largest absolute Gasteiger partial charge is 0.490 e. The fourth-order valence-corrected chi connectivity index (χ4v) is 4.48. The molecule has 4 amide bonds. The van der Waals surface area contributed by atoms with Gasteiger partial charge in [0.25, 0.3) is 11.8 Å². The number of barbiturate groups is 1. The number of amides is 4. The lowest BCUT2D eigenvalue weighted by atomic mass is 10.1. The third-order valence-corrected chi connectivity index (χ3v) is 6.18. The molecule has 0 spiro atoms. The molecule has 3 aromatic carbocycles. The molecule has 0 unspecified atom stereocenters. The average Bonchev–Trinajstić information content (AvgIpc) is 2.83. The first-order valence-corrected chi connectivity index (χ1v) is 12.1. The van der Waals surface area contributed by atoms with Crippen LogP contribution in [0.1, 0.15) is 18.1 Å². The van der Waals surface area contributed by atoms with Crippen molar-refractivity contribution in [2.24, 2.45) is 0 Å². The summed E-state index contributed by atoms with van der Waals surface area (Å²) in [6, 6.07) is 18.7. The number of para-hydroxylation sites is 1. The van der Waals surface area contributed by atoms with Crippen LogP contribution < -0.4 is 19.7 Å². The van der Waals surface area contributed by atoms with Crippen molar-refractivity contribution in [2.45, 2.75) is 13.5 Å². The van der Waals surface area contributed by atoms with Gasteiger partial charge in [-0.2, -0.15) is 0 Å². The molecule has 1 saturated heterocycles. The monoisotopic (exact) mass is 602 g/mol. The summed E-state index contributed by atoms with van der Waals surface area (Å²) in [6.45, 7) is 2.60. The minimum Gasteiger partial charge on any atom is -0.490 e. The summed E-state index contributed by atoms with van der Waals surface area (Å²) < 4.78 is 12.6. The van der Waals surface area contributed by atoms with Gasteiger partial charge in [-0.05, 0) is 71.0 Å². The standard InChI is InChI=1S/C26H20ClIN2O5/c1-2-34-22-14-17(13-20(28)23(22)35-15-16-8-4-3-5-9-16)12-18-24(31)29-26(33)30(25(18)32)21-11-7-6-10-19(21)27/h3-14H,2,15H2,1H3,(H,29,31,33)/b18-12+. The van der Waals surface area contributed by atoms with Gasteiger partial charge in [0, 0.05) is 0 Å². The van der Waals surface area contributed by atoms with Gasteiger partial charge in [-0.1, -0.05) is 54.1 Å². The van der Waals surface area contributed by atoms with E-state index in [0.717, 1.165) is 14.0 Å². The molecule has 3 aromatic rings. The van der Waals surface area contributed by atoms with Crippen LogP contribution in [-0.2, 0) is 16.2 Å². The molecule has 0 bridgehead atoms. The number of urea groups is 1. The number of rotatable bonds is 7. The van der Waals surface area contributed by atoms with Gasteiger partial charge in [-0.3, -0.25) is 14.9 Å². The molecule has 0 aromatic heterocycles. The highest BCUT2D eigenvalue weighted by atomic mass is 127. The summed E-state index contributed by atoms with van der Waals surface area (Å²) in [4.78, 5) is 39.0. The Morgan fingerprint density at radius 2 is 1.71 bits per heavy atom. The zero-order valence-electron chi connectivity index (χ0n) is 18.6. The zero-order valence-corrected chi connectivity index (χ0v) is 21.5. The second-order valence-electron chi connectivity index (χ2n) is 7.45. The van der Waals surface area contributed by atoms with Gasteiger partial charge < -0.3 is 9.47 Å². The van der Waals surface area contributed by atoms with Crippen molar-refractivity contribution in [3.8, 4) is 11.5 Å². The lowest BCUT2D eigenvalue weighted by Crippen LogP contribution is -2.54. The highest BCUT2D eigenvalue weighted by molar-refractivity contribution is 14.1. The van der Waals surface area contributed by atoms with Crippen LogP contribution in [0.15, 0.2) is 72.3 Å². The molecule has 0 atom stereocenters. The number of halogens is 2. The molecular formula is C26H20ClIN2O5. The van der Waals surface area contributed by atoms with E-state index in [4.69, 9.17) is 21.1 Å². The maximum atomic E-state index is 13.2. The highest BCUT2D eigenvalue weighted by Gasteiger charge is 2.37. The Labute approximate surface area is 220 Å². The number of hydrogen-bond donors (Lipinski definition) is 1. The minimum atomic E-state index is -0.862. The molecule has 1 aliphatic rings. The quantitative estimate of drug-likeness (QED) is 0.217. The van der Waals surface area contributed by atoms with E-state index in [1.54, 1.807) is 30.3 Å². The summed E-state index contributed by atoms with van der Waals surface area (Å²) in [7, 11) is 0. The zero-order chi connectivity index (χ0) is 24.9. The number of hydrogen-bond acceptors (Lipinski definition) is 5. The minimum absolute atomic E-state index is 0.185. The Balaban J connectivity index is 1.68. The van der Waals surface area contributed by atoms with Crippen LogP contribution in [-0.4, -0.2) is 24.5 Å². The van der Waals surface area contributed by atoms with Crippen molar-refractivity contribution < 1.29 is 23.9 Å². The van der Waals surface area contributed by atoms with Crippen LogP contribution in [0.5, 0.6) is 11.5 Å². The van der Waals surface area contributed by atoms with Crippen molar-refractivity contribution in [1.29, 1.82) is 0 Å². The molecule has 9 heteroatoms. The predicted molar refractivity (Wildman–Crippen MR) is 142 cm³/mol. The van der Waals surface area contributed by atoms with E-state index in [2.05, 4.69) is 27.9 Å². The summed E-state index contributed by atoms with van der Waals surface area (Å²) in [5.74, 6) is -0.527. The normalized spacial score (nSPS) is 14.8. The highest BCUT2D eigenvalue weighted by Crippen LogP contribution is 2.36. The van der Waals surface area contributed by atoms with Crippen LogP contribution in [0.3, 0.4) is 0 Å². The number of carbonyl (C=O) groups is 3. The van der Waals surface area contributed by atoms with Crippen LogP contribution in [0.2, 0.25) is 5.02 Å². The number of anilines is 1. The van der Waals surface area contributed by atoms with Gasteiger partial charge in [0.15, 0.2) is 11.5 Å². The molecule has 35 heavy (non-hydrogen) atoms. The molecule has 7 nitrogen and oxygen atoms in total. The maximum Gasteiger partial charge on any atom is 0.335 e. The van der Waals surface area contributed by atoms with Crippen LogP contribution in [0.4, 0.5) is 10.5 Å². The number of benzene rings is 3. The molecule has 1 fully saturated rings. The number of nitrogens with one attached hydrogen (secondary N) is 1. The number of ether oxygens (including phenoxy) is 2. The number of imide groups is 2. The second-order valence-corrected chi connectivity index (χ2v) is 9.02. The maximum absolute atomic E-state index is 13.2. The van der Waals surface area contributed by atoms with Crippen molar-refractivity contribution in [2.75, 3.05) is 11.5 Å². The van der Waals surface area contributed by atoms with Gasteiger partial charge in [-0.25, -0.2) is 9.69 Å². The van der Waals surface area contributed by atoms with Gasteiger partial charge in [0.1, 0.15) is 12.2 Å². The van der Waals surface area contributed by atoms with E-state index in [-0.39, 0.29) is 16.3 Å². The molecule has 1 heterocycles. The molecule has 1 N–H and O–H groups in total. The molecule has 1 aliphatic heterocycles. The Morgan fingerprint density at radius 1 is 1.00 bits per heavy atom. The number of nitrogens with zero attached hydrogens (tertiary/aromatic N) is 1. The molecule has 178 valence electrons. The third kappa shape index (κ3) is 5.49. The fraction of sp³-hybridized carbons (Fsp3) is 0.115. The molecule has 0 saturated carbocycles. The van der Waals surface area contributed by atoms with Gasteiger partial charge >= 0.3 is 6.03 Å². The number of carbonyl (C=O) groups excluding carboxylic acids is 3. The summed E-state index contributed by atoms with van der Waals surface area (Å²) in [6.07, 6.45) is 1.42. The summed E-state index contributed by atoms with van der Waals surface area (Å²) in [5.41, 5.74) is 1.52. The van der Waals surface area contributed by atoms with Gasteiger partial charge in [0.2, 0.25) is 0 Å². The summed E-state index contributed by atoms with van der Waals surface area (Å²) in [5, 5.41) is 2.41. The lowest BCUT2D eigenvalue weighted by Gasteiger charge is -2.27. The van der Waals surface area contributed by atoms with Crippen molar-refractivity contribution in [1.82, 2.24) is 5.32 Å². The van der Waals surface area contributed by atoms with Crippen molar-refractivity contribution >= 4 is 63.8 Å². The SMILES string of the molecule is CCOc1cc(/C=C2\C(=O)NC(=O)N(c3ccccc3Cl)C2=O)cc(I)c1OCc1ccccc1. The smallest absolute Gasteiger partial charge is 0.335 e. The van der Waals surface area contributed by atoms with E-state index >= 15 is 0 Å². The molecule has 0 aliphatic carbocycles. The van der Waals surface area contributed by atoms with Crippen molar-refractivity contribution in [3.63, 3.8) is 0 Å². The Kier molecular flexibility index (Phi) is 7.72. The van der Waals surface area contributed by atoms with Crippen LogP contribution >= 0.6 is 34.2 Å². The topological polar surface area (TPSA) is 84.9 Å². The van der Waals surface area contributed by atoms with Crippen molar-refractivity contribution in [3.05, 3.63) is 92.0 Å². The Bertz CT molecular complexity index is 1330. The molecular weight excluding hydrogens is 583 g/mol. The summed E-state index contributed by atoms with van der Waals surface area (Å²) >= 11 is 8.31. The van der Waals surface area contributed by atoms with E-state index in [0.29, 0.717) is 30.3 Å². The Morgan fingerprint density at radius 3 is 2.43 bits per heavy atom. The molecule has 0 radical (unpaired) electrons. The van der Waals surface area contributed by atoms with Gasteiger partial charge in [-0.15, -0.1) is 0 Å². The van der Waals surface area contributed by atoms with Crippen LogP contribution in [0.25, 0.3) is 6.08 Å². The molecule has 4 rings (SSSR count).